The second kappa shape index (κ2) is 9.78. The maximum atomic E-state index is 11.3. The van der Waals surface area contributed by atoms with Crippen molar-refractivity contribution in [2.45, 2.75) is 65.2 Å². The van der Waals surface area contributed by atoms with E-state index in [0.29, 0.717) is 37.9 Å². The molecule has 0 saturated heterocycles. The Morgan fingerprint density at radius 1 is 0.800 bits per heavy atom. The van der Waals surface area contributed by atoms with E-state index >= 15 is 0 Å². The minimum atomic E-state index is -0.0804. The summed E-state index contributed by atoms with van der Waals surface area (Å²) in [6, 6.07) is 0. The van der Waals surface area contributed by atoms with Gasteiger partial charge >= 0.3 is 11.9 Å². The summed E-state index contributed by atoms with van der Waals surface area (Å²) in [5.74, 6) is 0.808. The summed E-state index contributed by atoms with van der Waals surface area (Å²) < 4.78 is 10.5. The number of carbonyl (C=O) groups is 2. The zero-order valence-electron chi connectivity index (χ0n) is 12.9. The average molecular weight is 284 g/mol. The highest BCUT2D eigenvalue weighted by molar-refractivity contribution is 5.69. The van der Waals surface area contributed by atoms with Gasteiger partial charge in [-0.15, -0.1) is 0 Å². The van der Waals surface area contributed by atoms with Gasteiger partial charge in [0.2, 0.25) is 0 Å². The van der Waals surface area contributed by atoms with Crippen LogP contribution in [0.15, 0.2) is 0 Å². The van der Waals surface area contributed by atoms with E-state index in [0.717, 1.165) is 38.5 Å². The van der Waals surface area contributed by atoms with E-state index in [1.54, 1.807) is 0 Å². The third kappa shape index (κ3) is 6.92. The molecule has 0 amide bonds. The van der Waals surface area contributed by atoms with Crippen molar-refractivity contribution in [2.24, 2.45) is 11.8 Å². The molecule has 0 aliphatic heterocycles. The van der Waals surface area contributed by atoms with Crippen LogP contribution in [-0.2, 0) is 19.1 Å². The van der Waals surface area contributed by atoms with E-state index in [1.165, 1.54) is 0 Å². The molecule has 0 aromatic rings. The first-order chi connectivity index (χ1) is 9.65. The predicted molar refractivity (Wildman–Crippen MR) is 77.2 cm³/mol. The SMILES string of the molecule is CCCC(=O)OCC1CCC(COC(=O)CCC)CC1. The van der Waals surface area contributed by atoms with Crippen molar-refractivity contribution < 1.29 is 19.1 Å². The first-order valence-electron chi connectivity index (χ1n) is 7.96. The highest BCUT2D eigenvalue weighted by atomic mass is 16.5. The number of carbonyl (C=O) groups excluding carboxylic acids is 2. The molecule has 0 radical (unpaired) electrons. The highest BCUT2D eigenvalue weighted by Gasteiger charge is 2.23. The van der Waals surface area contributed by atoms with Crippen molar-refractivity contribution in [2.75, 3.05) is 13.2 Å². The molecule has 1 saturated carbocycles. The number of esters is 2. The van der Waals surface area contributed by atoms with Gasteiger partial charge in [-0.25, -0.2) is 0 Å². The smallest absolute Gasteiger partial charge is 0.305 e. The second-order valence-electron chi connectivity index (χ2n) is 5.75. The van der Waals surface area contributed by atoms with E-state index in [-0.39, 0.29) is 11.9 Å². The summed E-state index contributed by atoms with van der Waals surface area (Å²) in [6.07, 6.45) is 6.98. The Balaban J connectivity index is 2.10. The molecule has 0 aromatic heterocycles. The molecule has 0 unspecified atom stereocenters. The van der Waals surface area contributed by atoms with Gasteiger partial charge in [0.15, 0.2) is 0 Å². The van der Waals surface area contributed by atoms with Crippen LogP contribution < -0.4 is 0 Å². The third-order valence-electron chi connectivity index (χ3n) is 3.83. The zero-order valence-corrected chi connectivity index (χ0v) is 12.9. The Hall–Kier alpha value is -1.06. The van der Waals surface area contributed by atoms with Crippen molar-refractivity contribution in [3.05, 3.63) is 0 Å². The van der Waals surface area contributed by atoms with Crippen LogP contribution >= 0.6 is 0 Å². The monoisotopic (exact) mass is 284 g/mol. The summed E-state index contributed by atoms with van der Waals surface area (Å²) in [5.41, 5.74) is 0. The van der Waals surface area contributed by atoms with Crippen LogP contribution in [0.5, 0.6) is 0 Å². The summed E-state index contributed by atoms with van der Waals surface area (Å²) in [6.45, 7) is 5.07. The molecule has 0 aromatic carbocycles. The molecule has 0 heterocycles. The van der Waals surface area contributed by atoms with Crippen molar-refractivity contribution in [1.82, 2.24) is 0 Å². The lowest BCUT2D eigenvalue weighted by Crippen LogP contribution is -2.23. The normalized spacial score (nSPS) is 22.3. The van der Waals surface area contributed by atoms with Crippen molar-refractivity contribution >= 4 is 11.9 Å². The molecule has 116 valence electrons. The Bertz CT molecular complexity index is 263. The fraction of sp³-hybridized carbons (Fsp3) is 0.875. The number of ether oxygens (including phenoxy) is 2. The van der Waals surface area contributed by atoms with Crippen LogP contribution in [0.3, 0.4) is 0 Å². The van der Waals surface area contributed by atoms with E-state index in [2.05, 4.69) is 0 Å². The van der Waals surface area contributed by atoms with E-state index in [1.807, 2.05) is 13.8 Å². The molecule has 0 spiro atoms. The Labute approximate surface area is 122 Å². The van der Waals surface area contributed by atoms with Crippen LogP contribution in [0, 0.1) is 11.8 Å². The molecule has 0 bridgehead atoms. The molecule has 0 N–H and O–H groups in total. The zero-order chi connectivity index (χ0) is 14.8. The first-order valence-corrected chi connectivity index (χ1v) is 7.96. The average Bonchev–Trinajstić information content (AvgIpc) is 2.45. The van der Waals surface area contributed by atoms with Gasteiger partial charge < -0.3 is 9.47 Å². The van der Waals surface area contributed by atoms with Gasteiger partial charge in [0.1, 0.15) is 0 Å². The van der Waals surface area contributed by atoms with E-state index in [9.17, 15) is 9.59 Å². The lowest BCUT2D eigenvalue weighted by atomic mass is 9.83. The van der Waals surface area contributed by atoms with Gasteiger partial charge in [0.25, 0.3) is 0 Å². The fourth-order valence-corrected chi connectivity index (χ4v) is 2.54. The molecule has 4 heteroatoms. The van der Waals surface area contributed by atoms with Gasteiger partial charge in [0, 0.05) is 12.8 Å². The lowest BCUT2D eigenvalue weighted by Gasteiger charge is -2.27. The lowest BCUT2D eigenvalue weighted by molar-refractivity contribution is -0.147. The predicted octanol–water partition coefficient (Wildman–Crippen LogP) is 3.48. The molecule has 1 aliphatic rings. The van der Waals surface area contributed by atoms with Crippen LogP contribution in [0.4, 0.5) is 0 Å². The molecule has 0 atom stereocenters. The minimum Gasteiger partial charge on any atom is -0.465 e. The van der Waals surface area contributed by atoms with E-state index in [4.69, 9.17) is 9.47 Å². The van der Waals surface area contributed by atoms with Crippen molar-refractivity contribution in [1.29, 1.82) is 0 Å². The van der Waals surface area contributed by atoms with Crippen molar-refractivity contribution in [3.8, 4) is 0 Å². The van der Waals surface area contributed by atoms with Crippen LogP contribution in [0.2, 0.25) is 0 Å². The Morgan fingerprint density at radius 3 is 1.45 bits per heavy atom. The van der Waals surface area contributed by atoms with Crippen LogP contribution in [0.1, 0.15) is 65.2 Å². The Kier molecular flexibility index (Phi) is 8.31. The molecule has 4 nitrogen and oxygen atoms in total. The number of hydrogen-bond donors (Lipinski definition) is 0. The summed E-state index contributed by atoms with van der Waals surface area (Å²) >= 11 is 0. The molecular formula is C16H28O4. The summed E-state index contributed by atoms with van der Waals surface area (Å²) in [5, 5.41) is 0. The maximum absolute atomic E-state index is 11.3. The molecular weight excluding hydrogens is 256 g/mol. The third-order valence-corrected chi connectivity index (χ3v) is 3.83. The van der Waals surface area contributed by atoms with Crippen LogP contribution in [-0.4, -0.2) is 25.2 Å². The maximum Gasteiger partial charge on any atom is 0.305 e. The molecule has 1 rings (SSSR count). The molecule has 20 heavy (non-hydrogen) atoms. The van der Waals surface area contributed by atoms with Gasteiger partial charge in [-0.05, 0) is 50.4 Å². The second-order valence-corrected chi connectivity index (χ2v) is 5.75. The Morgan fingerprint density at radius 2 is 1.15 bits per heavy atom. The van der Waals surface area contributed by atoms with E-state index < -0.39 is 0 Å². The van der Waals surface area contributed by atoms with Gasteiger partial charge in [-0.2, -0.15) is 0 Å². The quantitative estimate of drug-likeness (QED) is 0.640. The van der Waals surface area contributed by atoms with Gasteiger partial charge in [-0.3, -0.25) is 9.59 Å². The van der Waals surface area contributed by atoms with Crippen molar-refractivity contribution in [3.63, 3.8) is 0 Å². The largest absolute Gasteiger partial charge is 0.465 e. The number of hydrogen-bond acceptors (Lipinski definition) is 4. The first kappa shape index (κ1) is 17.0. The minimum absolute atomic E-state index is 0.0804. The topological polar surface area (TPSA) is 52.6 Å². The molecule has 1 aliphatic carbocycles. The van der Waals surface area contributed by atoms with Gasteiger partial charge in [-0.1, -0.05) is 13.8 Å². The van der Waals surface area contributed by atoms with Crippen LogP contribution in [0.25, 0.3) is 0 Å². The standard InChI is InChI=1S/C16H28O4/c1-3-5-15(17)19-11-13-7-9-14(10-8-13)12-20-16(18)6-4-2/h13-14H,3-12H2,1-2H3. The fourth-order valence-electron chi connectivity index (χ4n) is 2.54. The highest BCUT2D eigenvalue weighted by Crippen LogP contribution is 2.29. The number of rotatable bonds is 8. The van der Waals surface area contributed by atoms with Gasteiger partial charge in [0.05, 0.1) is 13.2 Å². The summed E-state index contributed by atoms with van der Waals surface area (Å²) in [4.78, 5) is 22.6. The summed E-state index contributed by atoms with van der Waals surface area (Å²) in [7, 11) is 0. The molecule has 1 fully saturated rings.